The molecule has 3 nitrogen and oxygen atoms in total. The third kappa shape index (κ3) is 5.14. The minimum atomic E-state index is -0.0795. The molecule has 0 saturated heterocycles. The lowest BCUT2D eigenvalue weighted by Crippen LogP contribution is -2.17. The van der Waals surface area contributed by atoms with Crippen LogP contribution in [0.2, 0.25) is 0 Å². The van der Waals surface area contributed by atoms with E-state index in [-0.39, 0.29) is 6.04 Å². The second-order valence-corrected chi connectivity index (χ2v) is 9.29. The summed E-state index contributed by atoms with van der Waals surface area (Å²) in [6.07, 6.45) is 0. The van der Waals surface area contributed by atoms with E-state index >= 15 is 0 Å². The van der Waals surface area contributed by atoms with Crippen molar-refractivity contribution in [2.24, 2.45) is 0 Å². The number of rotatable bonds is 8. The molecule has 0 bridgehead atoms. The van der Waals surface area contributed by atoms with Gasteiger partial charge in [0.1, 0.15) is 5.75 Å². The number of anilines is 1. The standard InChI is InChI=1S/C31H34N2O/c1-21(2)26-16-10-17-27(22(3)4)31(26)33-30(23-12-7-6-8-13-23)29-19-11-18-28(32-29)24-14-9-15-25(20-24)34-5/h6-22,30,33H,1-5H3. The molecule has 0 amide bonds. The van der Waals surface area contributed by atoms with Crippen LogP contribution in [0.1, 0.15) is 68.0 Å². The topological polar surface area (TPSA) is 34.1 Å². The van der Waals surface area contributed by atoms with E-state index in [0.29, 0.717) is 11.8 Å². The predicted molar refractivity (Wildman–Crippen MR) is 143 cm³/mol. The maximum Gasteiger partial charge on any atom is 0.119 e. The fourth-order valence-electron chi connectivity index (χ4n) is 4.39. The number of ether oxygens (including phenoxy) is 1. The Balaban J connectivity index is 1.83. The third-order valence-electron chi connectivity index (χ3n) is 6.23. The van der Waals surface area contributed by atoms with Crippen molar-refractivity contribution in [3.8, 4) is 17.0 Å². The van der Waals surface area contributed by atoms with Gasteiger partial charge in [0.15, 0.2) is 0 Å². The van der Waals surface area contributed by atoms with Gasteiger partial charge >= 0.3 is 0 Å². The van der Waals surface area contributed by atoms with Crippen molar-refractivity contribution in [1.82, 2.24) is 4.98 Å². The summed E-state index contributed by atoms with van der Waals surface area (Å²) in [5.41, 5.74) is 8.02. The molecule has 3 aromatic carbocycles. The molecule has 0 radical (unpaired) electrons. The van der Waals surface area contributed by atoms with Crippen LogP contribution in [0.4, 0.5) is 5.69 Å². The number of pyridine rings is 1. The molecule has 174 valence electrons. The SMILES string of the molecule is COc1cccc(-c2cccc(C(Nc3c(C(C)C)cccc3C(C)C)c3ccccc3)n2)c1. The van der Waals surface area contributed by atoms with E-state index in [1.54, 1.807) is 7.11 Å². The molecule has 1 N–H and O–H groups in total. The highest BCUT2D eigenvalue weighted by Crippen LogP contribution is 2.37. The first-order valence-electron chi connectivity index (χ1n) is 12.0. The van der Waals surface area contributed by atoms with Gasteiger partial charge in [-0.2, -0.15) is 0 Å². The summed E-state index contributed by atoms with van der Waals surface area (Å²) >= 11 is 0. The number of benzene rings is 3. The normalized spacial score (nSPS) is 12.1. The minimum absolute atomic E-state index is 0.0795. The van der Waals surface area contributed by atoms with Crippen molar-refractivity contribution in [3.63, 3.8) is 0 Å². The van der Waals surface area contributed by atoms with Gasteiger partial charge in [0.2, 0.25) is 0 Å². The molecule has 0 fully saturated rings. The van der Waals surface area contributed by atoms with Gasteiger partial charge in [-0.25, -0.2) is 0 Å². The number of para-hydroxylation sites is 1. The molecule has 34 heavy (non-hydrogen) atoms. The van der Waals surface area contributed by atoms with Crippen LogP contribution >= 0.6 is 0 Å². The van der Waals surface area contributed by atoms with Crippen molar-refractivity contribution in [1.29, 1.82) is 0 Å². The first kappa shape index (κ1) is 23.6. The fraction of sp³-hybridized carbons (Fsp3) is 0.258. The molecule has 1 aromatic heterocycles. The first-order valence-corrected chi connectivity index (χ1v) is 12.0. The summed E-state index contributed by atoms with van der Waals surface area (Å²) in [7, 11) is 1.69. The van der Waals surface area contributed by atoms with E-state index < -0.39 is 0 Å². The van der Waals surface area contributed by atoms with Gasteiger partial charge < -0.3 is 10.1 Å². The van der Waals surface area contributed by atoms with Crippen molar-refractivity contribution < 1.29 is 4.74 Å². The van der Waals surface area contributed by atoms with Crippen LogP contribution in [0.15, 0.2) is 91.0 Å². The molecule has 0 saturated carbocycles. The maximum absolute atomic E-state index is 5.43. The van der Waals surface area contributed by atoms with Crippen molar-refractivity contribution >= 4 is 5.69 Å². The van der Waals surface area contributed by atoms with Gasteiger partial charge in [0.05, 0.1) is 24.5 Å². The van der Waals surface area contributed by atoms with Crippen molar-refractivity contribution in [2.75, 3.05) is 12.4 Å². The summed E-state index contributed by atoms with van der Waals surface area (Å²) in [6, 6.07) is 31.5. The number of hydrogen-bond donors (Lipinski definition) is 1. The lowest BCUT2D eigenvalue weighted by atomic mass is 9.91. The Morgan fingerprint density at radius 1 is 0.706 bits per heavy atom. The molecule has 1 heterocycles. The lowest BCUT2D eigenvalue weighted by molar-refractivity contribution is 0.415. The highest BCUT2D eigenvalue weighted by Gasteiger charge is 2.21. The van der Waals surface area contributed by atoms with Gasteiger partial charge in [-0.15, -0.1) is 0 Å². The van der Waals surface area contributed by atoms with Crippen molar-refractivity contribution in [3.05, 3.63) is 113 Å². The average molecular weight is 451 g/mol. The molecule has 0 spiro atoms. The zero-order chi connectivity index (χ0) is 24.1. The monoisotopic (exact) mass is 450 g/mol. The highest BCUT2D eigenvalue weighted by atomic mass is 16.5. The molecule has 0 aliphatic carbocycles. The Morgan fingerprint density at radius 2 is 1.35 bits per heavy atom. The summed E-state index contributed by atoms with van der Waals surface area (Å²) in [4.78, 5) is 5.12. The number of aromatic nitrogens is 1. The highest BCUT2D eigenvalue weighted by molar-refractivity contribution is 5.64. The number of methoxy groups -OCH3 is 1. The molecule has 0 aliphatic rings. The van der Waals surface area contributed by atoms with Gasteiger partial charge in [0.25, 0.3) is 0 Å². The quantitative estimate of drug-likeness (QED) is 0.294. The smallest absolute Gasteiger partial charge is 0.119 e. The second-order valence-electron chi connectivity index (χ2n) is 9.29. The summed E-state index contributed by atoms with van der Waals surface area (Å²) in [5.74, 6) is 1.65. The predicted octanol–water partition coefficient (Wildman–Crippen LogP) is 8.21. The van der Waals surface area contributed by atoms with E-state index in [0.717, 1.165) is 22.7 Å². The van der Waals surface area contributed by atoms with Gasteiger partial charge in [0, 0.05) is 11.3 Å². The zero-order valence-corrected chi connectivity index (χ0v) is 20.7. The Kier molecular flexibility index (Phi) is 7.32. The number of nitrogens with zero attached hydrogens (tertiary/aromatic N) is 1. The van der Waals surface area contributed by atoms with Crippen molar-refractivity contribution in [2.45, 2.75) is 45.6 Å². The molecular weight excluding hydrogens is 416 g/mol. The average Bonchev–Trinajstić information content (AvgIpc) is 2.87. The molecular formula is C31H34N2O. The minimum Gasteiger partial charge on any atom is -0.497 e. The lowest BCUT2D eigenvalue weighted by Gasteiger charge is -2.27. The first-order chi connectivity index (χ1) is 16.5. The third-order valence-corrected chi connectivity index (χ3v) is 6.23. The Labute approximate surface area is 203 Å². The van der Waals surface area contributed by atoms with E-state index in [1.807, 2.05) is 18.2 Å². The Bertz CT molecular complexity index is 1200. The van der Waals surface area contributed by atoms with Crippen LogP contribution in [-0.2, 0) is 0 Å². The van der Waals surface area contributed by atoms with Gasteiger partial charge in [-0.05, 0) is 52.8 Å². The Morgan fingerprint density at radius 3 is 2.00 bits per heavy atom. The number of nitrogens with one attached hydrogen (secondary N) is 1. The summed E-state index contributed by atoms with van der Waals surface area (Å²) < 4.78 is 5.43. The van der Waals surface area contributed by atoms with Crippen LogP contribution in [0.3, 0.4) is 0 Å². The van der Waals surface area contributed by atoms with Crippen LogP contribution in [0, 0.1) is 0 Å². The number of hydrogen-bond acceptors (Lipinski definition) is 3. The van der Waals surface area contributed by atoms with E-state index in [4.69, 9.17) is 9.72 Å². The van der Waals surface area contributed by atoms with Crippen LogP contribution in [0.5, 0.6) is 5.75 Å². The van der Waals surface area contributed by atoms with Crippen LogP contribution in [0.25, 0.3) is 11.3 Å². The zero-order valence-electron chi connectivity index (χ0n) is 20.7. The van der Waals surface area contributed by atoms with Gasteiger partial charge in [-0.1, -0.05) is 94.4 Å². The van der Waals surface area contributed by atoms with E-state index in [1.165, 1.54) is 22.4 Å². The van der Waals surface area contributed by atoms with E-state index in [9.17, 15) is 0 Å². The maximum atomic E-state index is 5.43. The fourth-order valence-corrected chi connectivity index (χ4v) is 4.39. The van der Waals surface area contributed by atoms with Gasteiger partial charge in [-0.3, -0.25) is 4.98 Å². The molecule has 4 rings (SSSR count). The summed E-state index contributed by atoms with van der Waals surface area (Å²) in [5, 5.41) is 3.93. The molecule has 1 unspecified atom stereocenters. The molecule has 4 aromatic rings. The molecule has 3 heteroatoms. The molecule has 1 atom stereocenters. The van der Waals surface area contributed by atoms with Crippen LogP contribution < -0.4 is 10.1 Å². The molecule has 0 aliphatic heterocycles. The Hall–Kier alpha value is -3.59. The van der Waals surface area contributed by atoms with E-state index in [2.05, 4.69) is 106 Å². The van der Waals surface area contributed by atoms with Crippen LogP contribution in [-0.4, -0.2) is 12.1 Å². The summed E-state index contributed by atoms with van der Waals surface area (Å²) in [6.45, 7) is 9.02. The second kappa shape index (κ2) is 10.6. The largest absolute Gasteiger partial charge is 0.497 e.